The molecule has 82 valence electrons. The smallest absolute Gasteiger partial charge is 0.136 e. The van der Waals surface area contributed by atoms with Crippen molar-refractivity contribution in [2.24, 2.45) is 0 Å². The first kappa shape index (κ1) is 10.6. The molecule has 2 heteroatoms. The maximum Gasteiger partial charge on any atom is 0.136 e. The second kappa shape index (κ2) is 3.93. The molecule has 15 heavy (non-hydrogen) atoms. The van der Waals surface area contributed by atoms with Crippen molar-refractivity contribution in [2.45, 2.75) is 37.9 Å². The van der Waals surface area contributed by atoms with Gasteiger partial charge in [-0.2, -0.15) is 0 Å². The first-order chi connectivity index (χ1) is 7.14. The molecule has 1 unspecified atom stereocenters. The topological polar surface area (TPSA) is 12.0 Å². The molecule has 0 bridgehead atoms. The average Bonchev–Trinajstić information content (AvgIpc) is 2.98. The summed E-state index contributed by atoms with van der Waals surface area (Å²) in [7, 11) is 1.96. The largest absolute Gasteiger partial charge is 0.317 e. The van der Waals surface area contributed by atoms with E-state index in [1.54, 1.807) is 0 Å². The van der Waals surface area contributed by atoms with Gasteiger partial charge in [0.05, 0.1) is 0 Å². The van der Waals surface area contributed by atoms with Crippen LogP contribution in [0.25, 0.3) is 0 Å². The van der Waals surface area contributed by atoms with Crippen molar-refractivity contribution >= 4 is 0 Å². The number of rotatable bonds is 4. The summed E-state index contributed by atoms with van der Waals surface area (Å²) >= 11 is 0. The minimum Gasteiger partial charge on any atom is -0.317 e. The molecule has 1 aliphatic rings. The van der Waals surface area contributed by atoms with Crippen LogP contribution in [0.15, 0.2) is 24.3 Å². The summed E-state index contributed by atoms with van der Waals surface area (Å²) in [6.45, 7) is 2.14. The number of likely N-dealkylation sites (N-methyl/N-ethyl adjacent to an activating group) is 1. The maximum atomic E-state index is 13.7. The summed E-state index contributed by atoms with van der Waals surface area (Å²) < 4.78 is 13.7. The average molecular weight is 207 g/mol. The van der Waals surface area contributed by atoms with Crippen LogP contribution in [0, 0.1) is 0 Å². The maximum absolute atomic E-state index is 13.7. The molecular weight excluding hydrogens is 189 g/mol. The third-order valence-corrected chi connectivity index (χ3v) is 3.19. The van der Waals surface area contributed by atoms with E-state index < -0.39 is 5.67 Å². The Kier molecular flexibility index (Phi) is 2.79. The van der Waals surface area contributed by atoms with Gasteiger partial charge in [-0.3, -0.25) is 0 Å². The minimum atomic E-state index is -0.993. The van der Waals surface area contributed by atoms with Crippen LogP contribution in [-0.2, 0) is 12.1 Å². The highest BCUT2D eigenvalue weighted by atomic mass is 19.1. The number of benzene rings is 1. The zero-order chi connectivity index (χ0) is 10.9. The highest BCUT2D eigenvalue weighted by Crippen LogP contribution is 2.49. The molecule has 1 aromatic carbocycles. The van der Waals surface area contributed by atoms with E-state index in [4.69, 9.17) is 0 Å². The van der Waals surface area contributed by atoms with E-state index in [0.29, 0.717) is 18.9 Å². The monoisotopic (exact) mass is 207 g/mol. The number of nitrogens with one attached hydrogen (secondary N) is 1. The van der Waals surface area contributed by atoms with Gasteiger partial charge in [0.1, 0.15) is 5.67 Å². The van der Waals surface area contributed by atoms with Gasteiger partial charge in [0.15, 0.2) is 0 Å². The van der Waals surface area contributed by atoms with Crippen molar-refractivity contribution in [1.29, 1.82) is 0 Å². The summed E-state index contributed by atoms with van der Waals surface area (Å²) in [6.07, 6.45) is 2.38. The summed E-state index contributed by atoms with van der Waals surface area (Å²) in [6, 6.07) is 8.43. The SMILES string of the molecule is CNC(C)Cc1ccc(C2(F)CC2)cc1. The lowest BCUT2D eigenvalue weighted by Gasteiger charge is -2.11. The zero-order valence-corrected chi connectivity index (χ0v) is 9.39. The van der Waals surface area contributed by atoms with E-state index in [2.05, 4.69) is 12.2 Å². The molecule has 0 spiro atoms. The molecule has 0 heterocycles. The molecule has 1 atom stereocenters. The van der Waals surface area contributed by atoms with E-state index in [-0.39, 0.29) is 0 Å². The minimum absolute atomic E-state index is 0.469. The molecule has 2 rings (SSSR count). The fraction of sp³-hybridized carbons (Fsp3) is 0.538. The van der Waals surface area contributed by atoms with Gasteiger partial charge in [-0.15, -0.1) is 0 Å². The lowest BCUT2D eigenvalue weighted by Crippen LogP contribution is -2.23. The van der Waals surface area contributed by atoms with Gasteiger partial charge >= 0.3 is 0 Å². The van der Waals surface area contributed by atoms with Crippen molar-refractivity contribution in [3.05, 3.63) is 35.4 Å². The summed E-state index contributed by atoms with van der Waals surface area (Å²) in [5.41, 5.74) is 1.13. The molecule has 1 aromatic rings. The van der Waals surface area contributed by atoms with Crippen LogP contribution in [0.1, 0.15) is 30.9 Å². The third kappa shape index (κ3) is 2.37. The quantitative estimate of drug-likeness (QED) is 0.800. The van der Waals surface area contributed by atoms with Gasteiger partial charge in [0.2, 0.25) is 0 Å². The Morgan fingerprint density at radius 1 is 1.33 bits per heavy atom. The Morgan fingerprint density at radius 3 is 2.40 bits per heavy atom. The third-order valence-electron chi connectivity index (χ3n) is 3.19. The highest BCUT2D eigenvalue weighted by molar-refractivity contribution is 5.31. The van der Waals surface area contributed by atoms with Crippen LogP contribution in [-0.4, -0.2) is 13.1 Å². The van der Waals surface area contributed by atoms with Crippen molar-refractivity contribution in [1.82, 2.24) is 5.32 Å². The molecule has 0 aliphatic heterocycles. The molecule has 0 saturated heterocycles. The van der Waals surface area contributed by atoms with E-state index in [1.807, 2.05) is 31.3 Å². The van der Waals surface area contributed by atoms with Crippen molar-refractivity contribution in [2.75, 3.05) is 7.05 Å². The van der Waals surface area contributed by atoms with Gasteiger partial charge in [0.25, 0.3) is 0 Å². The molecule has 1 fully saturated rings. The van der Waals surface area contributed by atoms with Crippen molar-refractivity contribution < 1.29 is 4.39 Å². The van der Waals surface area contributed by atoms with Crippen LogP contribution >= 0.6 is 0 Å². The van der Waals surface area contributed by atoms with Gasteiger partial charge in [-0.1, -0.05) is 24.3 Å². The molecule has 0 amide bonds. The number of alkyl halides is 1. The van der Waals surface area contributed by atoms with Gasteiger partial charge in [-0.05, 0) is 44.4 Å². The zero-order valence-electron chi connectivity index (χ0n) is 9.39. The Balaban J connectivity index is 2.04. The highest BCUT2D eigenvalue weighted by Gasteiger charge is 2.44. The van der Waals surface area contributed by atoms with Crippen LogP contribution in [0.2, 0.25) is 0 Å². The van der Waals surface area contributed by atoms with Gasteiger partial charge in [0, 0.05) is 6.04 Å². The molecule has 1 N–H and O–H groups in total. The summed E-state index contributed by atoms with van der Waals surface area (Å²) in [5, 5.41) is 3.20. The molecule has 1 nitrogen and oxygen atoms in total. The van der Waals surface area contributed by atoms with E-state index in [0.717, 1.165) is 12.0 Å². The predicted molar refractivity (Wildman–Crippen MR) is 60.7 cm³/mol. The lowest BCUT2D eigenvalue weighted by molar-refractivity contribution is 0.317. The fourth-order valence-corrected chi connectivity index (χ4v) is 1.79. The van der Waals surface area contributed by atoms with Crippen LogP contribution in [0.3, 0.4) is 0 Å². The number of hydrogen-bond acceptors (Lipinski definition) is 1. The van der Waals surface area contributed by atoms with Crippen LogP contribution < -0.4 is 5.32 Å². The Bertz CT molecular complexity index is 327. The molecule has 0 aromatic heterocycles. The van der Waals surface area contributed by atoms with E-state index in [9.17, 15) is 4.39 Å². The van der Waals surface area contributed by atoms with Gasteiger partial charge < -0.3 is 5.32 Å². The van der Waals surface area contributed by atoms with Crippen molar-refractivity contribution in [3.8, 4) is 0 Å². The second-order valence-corrected chi connectivity index (χ2v) is 4.56. The first-order valence-electron chi connectivity index (χ1n) is 5.60. The van der Waals surface area contributed by atoms with Crippen LogP contribution in [0.4, 0.5) is 4.39 Å². The fourth-order valence-electron chi connectivity index (χ4n) is 1.79. The molecule has 0 radical (unpaired) electrons. The second-order valence-electron chi connectivity index (χ2n) is 4.56. The normalized spacial score (nSPS) is 19.9. The molecular formula is C13H18FN. The predicted octanol–water partition coefficient (Wildman–Crippen LogP) is 2.80. The number of halogens is 1. The van der Waals surface area contributed by atoms with Crippen molar-refractivity contribution in [3.63, 3.8) is 0 Å². The molecule has 1 aliphatic carbocycles. The first-order valence-corrected chi connectivity index (χ1v) is 5.60. The standard InChI is InChI=1S/C13H18FN/c1-10(15-2)9-11-3-5-12(6-4-11)13(14)7-8-13/h3-6,10,15H,7-9H2,1-2H3. The van der Waals surface area contributed by atoms with Crippen LogP contribution in [0.5, 0.6) is 0 Å². The van der Waals surface area contributed by atoms with E-state index in [1.165, 1.54) is 5.56 Å². The Hall–Kier alpha value is -0.890. The Morgan fingerprint density at radius 2 is 1.93 bits per heavy atom. The Labute approximate surface area is 90.7 Å². The summed E-state index contributed by atoms with van der Waals surface area (Å²) in [4.78, 5) is 0. The lowest BCUT2D eigenvalue weighted by atomic mass is 10.0. The summed E-state index contributed by atoms with van der Waals surface area (Å²) in [5.74, 6) is 0. The van der Waals surface area contributed by atoms with E-state index >= 15 is 0 Å². The molecule has 1 saturated carbocycles. The van der Waals surface area contributed by atoms with Gasteiger partial charge in [-0.25, -0.2) is 4.39 Å². The number of hydrogen-bond donors (Lipinski definition) is 1.